The van der Waals surface area contributed by atoms with E-state index in [0.717, 1.165) is 38.8 Å². The van der Waals surface area contributed by atoms with Crippen molar-refractivity contribution in [2.75, 3.05) is 6.54 Å². The lowest BCUT2D eigenvalue weighted by Gasteiger charge is -2.20. The molecule has 0 heterocycles. The Hall–Kier alpha value is -2.55. The van der Waals surface area contributed by atoms with Gasteiger partial charge >= 0.3 is 5.97 Å². The fourth-order valence-electron chi connectivity index (χ4n) is 3.08. The minimum atomic E-state index is -0.684. The first-order valence-corrected chi connectivity index (χ1v) is 9.97. The van der Waals surface area contributed by atoms with Gasteiger partial charge in [-0.3, -0.25) is 4.79 Å². The van der Waals surface area contributed by atoms with Crippen LogP contribution in [0.25, 0.3) is 6.08 Å². The molecule has 0 unspecified atom stereocenters. The normalized spacial score (nSPS) is 11.0. The molecule has 0 saturated carbocycles. The largest absolute Gasteiger partial charge is 0.481 e. The van der Waals surface area contributed by atoms with E-state index in [1.54, 1.807) is 0 Å². The third kappa shape index (κ3) is 9.64. The van der Waals surface area contributed by atoms with E-state index in [2.05, 4.69) is 71.8 Å². The average molecular weight is 366 g/mol. The second-order valence-electron chi connectivity index (χ2n) is 6.95. The van der Waals surface area contributed by atoms with Crippen LogP contribution in [0.4, 0.5) is 0 Å². The average Bonchev–Trinajstić information content (AvgIpc) is 2.69. The molecule has 0 aliphatic carbocycles. The summed E-state index contributed by atoms with van der Waals surface area (Å²) >= 11 is 0. The molecule has 2 rings (SSSR count). The van der Waals surface area contributed by atoms with Crippen LogP contribution in [-0.4, -0.2) is 22.5 Å². The monoisotopic (exact) mass is 365 g/mol. The minimum absolute atomic E-state index is 0.301. The zero-order valence-electron chi connectivity index (χ0n) is 16.1. The number of carboxylic acid groups (broad SMARTS) is 1. The van der Waals surface area contributed by atoms with Gasteiger partial charge in [-0.05, 0) is 36.2 Å². The first kappa shape index (κ1) is 20.8. The van der Waals surface area contributed by atoms with Gasteiger partial charge < -0.3 is 10.0 Å². The van der Waals surface area contributed by atoms with Crippen LogP contribution < -0.4 is 0 Å². The summed E-state index contributed by atoms with van der Waals surface area (Å²) in [5.74, 6) is -0.684. The lowest BCUT2D eigenvalue weighted by Crippen LogP contribution is -2.18. The second kappa shape index (κ2) is 12.7. The van der Waals surface area contributed by atoms with E-state index in [0.29, 0.717) is 6.42 Å². The summed E-state index contributed by atoms with van der Waals surface area (Å²) in [5, 5.41) is 8.66. The third-order valence-electron chi connectivity index (χ3n) is 4.59. The Morgan fingerprint density at radius 2 is 1.41 bits per heavy atom. The van der Waals surface area contributed by atoms with Crippen LogP contribution in [0.3, 0.4) is 0 Å². The van der Waals surface area contributed by atoms with E-state index in [-0.39, 0.29) is 0 Å². The molecular weight excluding hydrogens is 334 g/mol. The van der Waals surface area contributed by atoms with Crippen molar-refractivity contribution in [3.63, 3.8) is 0 Å². The highest BCUT2D eigenvalue weighted by Crippen LogP contribution is 2.12. The molecule has 27 heavy (non-hydrogen) atoms. The van der Waals surface area contributed by atoms with E-state index < -0.39 is 5.97 Å². The molecule has 1 N–H and O–H groups in total. The molecule has 0 amide bonds. The number of unbranched alkanes of at least 4 members (excludes halogenated alkanes) is 5. The van der Waals surface area contributed by atoms with Gasteiger partial charge in [0.15, 0.2) is 0 Å². The lowest BCUT2D eigenvalue weighted by atomic mass is 10.1. The van der Waals surface area contributed by atoms with E-state index >= 15 is 0 Å². The molecule has 2 aromatic rings. The fraction of sp³-hybridized carbons (Fsp3) is 0.375. The van der Waals surface area contributed by atoms with Crippen molar-refractivity contribution in [1.29, 1.82) is 0 Å². The standard InChI is InChI=1S/C24H31NO2/c26-24(27)17-11-3-1-2-4-12-19-25(21-23-15-9-6-10-16-23)20-18-22-13-7-5-8-14-22/h5-10,13-16,18,20H,1-4,11-12,17,19,21H2,(H,26,27). The van der Waals surface area contributed by atoms with Gasteiger partial charge in [0.1, 0.15) is 0 Å². The van der Waals surface area contributed by atoms with E-state index in [9.17, 15) is 4.79 Å². The van der Waals surface area contributed by atoms with Gasteiger partial charge in [-0.15, -0.1) is 0 Å². The molecule has 0 spiro atoms. The van der Waals surface area contributed by atoms with E-state index in [4.69, 9.17) is 5.11 Å². The molecule has 0 aliphatic heterocycles. The molecule has 144 valence electrons. The molecule has 0 atom stereocenters. The Balaban J connectivity index is 1.76. The summed E-state index contributed by atoms with van der Waals surface area (Å²) in [4.78, 5) is 12.9. The van der Waals surface area contributed by atoms with Gasteiger partial charge in [0.2, 0.25) is 0 Å². The Bertz CT molecular complexity index is 667. The summed E-state index contributed by atoms with van der Waals surface area (Å²) in [6, 6.07) is 21.0. The fourth-order valence-corrected chi connectivity index (χ4v) is 3.08. The van der Waals surface area contributed by atoms with Crippen molar-refractivity contribution in [2.45, 2.75) is 51.5 Å². The number of carbonyl (C=O) groups is 1. The Morgan fingerprint density at radius 3 is 2.07 bits per heavy atom. The summed E-state index contributed by atoms with van der Waals surface area (Å²) in [7, 11) is 0. The highest BCUT2D eigenvalue weighted by atomic mass is 16.4. The summed E-state index contributed by atoms with van der Waals surface area (Å²) in [6.45, 7) is 1.95. The molecule has 3 heteroatoms. The van der Waals surface area contributed by atoms with Crippen LogP contribution in [0, 0.1) is 0 Å². The van der Waals surface area contributed by atoms with Gasteiger partial charge in [-0.2, -0.15) is 0 Å². The predicted octanol–water partition coefficient (Wildman–Crippen LogP) is 5.97. The highest BCUT2D eigenvalue weighted by molar-refractivity contribution is 5.66. The van der Waals surface area contributed by atoms with E-state index in [1.165, 1.54) is 24.0 Å². The number of rotatable bonds is 13. The molecule has 0 saturated heterocycles. The van der Waals surface area contributed by atoms with Crippen LogP contribution in [0.1, 0.15) is 56.1 Å². The van der Waals surface area contributed by atoms with Crippen LogP contribution in [-0.2, 0) is 11.3 Å². The maximum Gasteiger partial charge on any atom is 0.303 e. The number of hydrogen-bond acceptors (Lipinski definition) is 2. The smallest absolute Gasteiger partial charge is 0.303 e. The quantitative estimate of drug-likeness (QED) is 0.444. The van der Waals surface area contributed by atoms with Crippen molar-refractivity contribution in [1.82, 2.24) is 4.90 Å². The Kier molecular flexibility index (Phi) is 9.80. The van der Waals surface area contributed by atoms with Crippen molar-refractivity contribution >= 4 is 12.0 Å². The van der Waals surface area contributed by atoms with Gasteiger partial charge in [-0.25, -0.2) is 0 Å². The third-order valence-corrected chi connectivity index (χ3v) is 4.59. The van der Waals surface area contributed by atoms with Gasteiger partial charge in [0.25, 0.3) is 0 Å². The van der Waals surface area contributed by atoms with Crippen molar-refractivity contribution in [2.24, 2.45) is 0 Å². The van der Waals surface area contributed by atoms with Crippen LogP contribution in [0.5, 0.6) is 0 Å². The molecule has 3 nitrogen and oxygen atoms in total. The number of nitrogens with zero attached hydrogens (tertiary/aromatic N) is 1. The summed E-state index contributed by atoms with van der Waals surface area (Å²) in [6.07, 6.45) is 11.2. The Morgan fingerprint density at radius 1 is 0.815 bits per heavy atom. The predicted molar refractivity (Wildman–Crippen MR) is 112 cm³/mol. The maximum atomic E-state index is 10.5. The molecule has 0 aromatic heterocycles. The number of aliphatic carboxylic acids is 1. The van der Waals surface area contributed by atoms with Crippen LogP contribution in [0.15, 0.2) is 66.9 Å². The lowest BCUT2D eigenvalue weighted by molar-refractivity contribution is -0.137. The number of hydrogen-bond donors (Lipinski definition) is 1. The molecule has 0 radical (unpaired) electrons. The molecule has 0 fully saturated rings. The molecule has 2 aromatic carbocycles. The zero-order chi connectivity index (χ0) is 19.2. The number of carboxylic acids is 1. The van der Waals surface area contributed by atoms with Crippen LogP contribution >= 0.6 is 0 Å². The minimum Gasteiger partial charge on any atom is -0.481 e. The van der Waals surface area contributed by atoms with Gasteiger partial charge in [0.05, 0.1) is 0 Å². The van der Waals surface area contributed by atoms with Crippen molar-refractivity contribution < 1.29 is 9.90 Å². The topological polar surface area (TPSA) is 40.5 Å². The van der Waals surface area contributed by atoms with Gasteiger partial charge in [-0.1, -0.05) is 86.3 Å². The van der Waals surface area contributed by atoms with Crippen molar-refractivity contribution in [3.8, 4) is 0 Å². The summed E-state index contributed by atoms with van der Waals surface area (Å²) < 4.78 is 0. The molecule has 0 aliphatic rings. The Labute approximate surface area is 163 Å². The van der Waals surface area contributed by atoms with Gasteiger partial charge in [0, 0.05) is 19.5 Å². The zero-order valence-corrected chi connectivity index (χ0v) is 16.1. The highest BCUT2D eigenvalue weighted by Gasteiger charge is 2.02. The first-order valence-electron chi connectivity index (χ1n) is 9.97. The molecular formula is C24H31NO2. The second-order valence-corrected chi connectivity index (χ2v) is 6.95. The SMILES string of the molecule is O=C(O)CCCCCCCCN(C=Cc1ccccc1)Cc1ccccc1. The summed E-state index contributed by atoms with van der Waals surface area (Å²) in [5.41, 5.74) is 2.54. The van der Waals surface area contributed by atoms with Crippen LogP contribution in [0.2, 0.25) is 0 Å². The maximum absolute atomic E-state index is 10.5. The number of benzene rings is 2. The van der Waals surface area contributed by atoms with E-state index in [1.807, 2.05) is 6.07 Å². The first-order chi connectivity index (χ1) is 13.2. The van der Waals surface area contributed by atoms with Crippen molar-refractivity contribution in [3.05, 3.63) is 78.0 Å². The molecule has 0 bridgehead atoms.